The number of amides is 1. The average molecular weight is 349 g/mol. The van der Waals surface area contributed by atoms with Gasteiger partial charge in [-0.2, -0.15) is 0 Å². The van der Waals surface area contributed by atoms with E-state index in [0.29, 0.717) is 21.5 Å². The first-order chi connectivity index (χ1) is 11.2. The Balaban J connectivity index is 1.52. The molecule has 0 aliphatic carbocycles. The molecule has 5 nitrogen and oxygen atoms in total. The molecule has 120 valence electrons. The van der Waals surface area contributed by atoms with Gasteiger partial charge in [0, 0.05) is 6.61 Å². The van der Waals surface area contributed by atoms with Gasteiger partial charge in [0.2, 0.25) is 6.79 Å². The van der Waals surface area contributed by atoms with Crippen LogP contribution < -0.4 is 9.47 Å². The molecule has 0 saturated carbocycles. The smallest absolute Gasteiger partial charge is 0.266 e. The molecule has 1 atom stereocenters. The molecule has 0 bridgehead atoms. The summed E-state index contributed by atoms with van der Waals surface area (Å²) in [7, 11) is 0. The Hall–Kier alpha value is -1.57. The van der Waals surface area contributed by atoms with Gasteiger partial charge in [0.25, 0.3) is 5.91 Å². The van der Waals surface area contributed by atoms with Crippen LogP contribution in [0.5, 0.6) is 11.5 Å². The van der Waals surface area contributed by atoms with Gasteiger partial charge in [-0.1, -0.05) is 30.0 Å². The zero-order valence-electron chi connectivity index (χ0n) is 12.3. The van der Waals surface area contributed by atoms with Gasteiger partial charge in [-0.3, -0.25) is 9.69 Å². The number of carbonyl (C=O) groups is 1. The lowest BCUT2D eigenvalue weighted by atomic mass is 10.2. The van der Waals surface area contributed by atoms with Crippen molar-refractivity contribution in [3.8, 4) is 11.5 Å². The van der Waals surface area contributed by atoms with Gasteiger partial charge in [-0.25, -0.2) is 0 Å². The average Bonchev–Trinajstić information content (AvgIpc) is 3.26. The van der Waals surface area contributed by atoms with E-state index in [2.05, 4.69) is 0 Å². The van der Waals surface area contributed by atoms with Crippen LogP contribution in [0.4, 0.5) is 0 Å². The summed E-state index contributed by atoms with van der Waals surface area (Å²) in [6.07, 6.45) is 3.98. The zero-order valence-corrected chi connectivity index (χ0v) is 14.0. The van der Waals surface area contributed by atoms with Crippen LogP contribution in [0, 0.1) is 0 Å². The third kappa shape index (κ3) is 2.96. The summed E-state index contributed by atoms with van der Waals surface area (Å²) in [5, 5.41) is 0. The van der Waals surface area contributed by atoms with E-state index in [4.69, 9.17) is 26.4 Å². The zero-order chi connectivity index (χ0) is 15.8. The van der Waals surface area contributed by atoms with Crippen molar-refractivity contribution < 1.29 is 19.0 Å². The molecule has 3 aliphatic heterocycles. The second-order valence-corrected chi connectivity index (χ2v) is 7.22. The topological polar surface area (TPSA) is 48.0 Å². The molecule has 4 rings (SSSR count). The van der Waals surface area contributed by atoms with Crippen LogP contribution in [0.1, 0.15) is 18.4 Å². The molecule has 0 N–H and O–H groups in total. The number of fused-ring (bicyclic) bond motifs is 1. The molecule has 0 aromatic heterocycles. The highest BCUT2D eigenvalue weighted by molar-refractivity contribution is 8.26. The summed E-state index contributed by atoms with van der Waals surface area (Å²) in [5.41, 5.74) is 0.895. The van der Waals surface area contributed by atoms with Gasteiger partial charge >= 0.3 is 0 Å². The highest BCUT2D eigenvalue weighted by Gasteiger charge is 2.34. The van der Waals surface area contributed by atoms with Crippen molar-refractivity contribution in [1.82, 2.24) is 4.90 Å². The molecule has 0 spiro atoms. The van der Waals surface area contributed by atoms with Crippen molar-refractivity contribution in [1.29, 1.82) is 0 Å². The molecule has 0 radical (unpaired) electrons. The maximum Gasteiger partial charge on any atom is 0.266 e. The van der Waals surface area contributed by atoms with Crippen LogP contribution in [0.3, 0.4) is 0 Å². The molecule has 3 heterocycles. The molecule has 1 aromatic carbocycles. The monoisotopic (exact) mass is 349 g/mol. The SMILES string of the molecule is O=C1/C(=C\c2ccc3c(c2)OCO3)SC(=S)N1C[C@H]1CCCO1. The standard InChI is InChI=1S/C16H15NO4S2/c18-15-14(7-10-3-4-12-13(6-10)21-9-20-12)23-16(22)17(15)8-11-2-1-5-19-11/h3-4,6-7,11H,1-2,5,8-9H2/b14-7+/t11-/m1/s1. The molecular formula is C16H15NO4S2. The van der Waals surface area contributed by atoms with E-state index >= 15 is 0 Å². The number of thiocarbonyl (C=S) groups is 1. The predicted molar refractivity (Wildman–Crippen MR) is 91.4 cm³/mol. The summed E-state index contributed by atoms with van der Waals surface area (Å²) < 4.78 is 16.9. The quantitative estimate of drug-likeness (QED) is 0.618. The van der Waals surface area contributed by atoms with Crippen LogP contribution in [0.2, 0.25) is 0 Å². The lowest BCUT2D eigenvalue weighted by molar-refractivity contribution is -0.123. The second-order valence-electron chi connectivity index (χ2n) is 5.54. The Bertz CT molecular complexity index is 697. The number of hydrogen-bond acceptors (Lipinski definition) is 6. The van der Waals surface area contributed by atoms with E-state index in [1.807, 2.05) is 24.3 Å². The first-order valence-electron chi connectivity index (χ1n) is 7.47. The van der Waals surface area contributed by atoms with E-state index in [0.717, 1.165) is 30.8 Å². The Labute approximate surface area is 143 Å². The molecule has 0 unspecified atom stereocenters. The number of benzene rings is 1. The summed E-state index contributed by atoms with van der Waals surface area (Å²) in [5.74, 6) is 1.38. The summed E-state index contributed by atoms with van der Waals surface area (Å²) in [6, 6.07) is 5.62. The number of nitrogens with zero attached hydrogens (tertiary/aromatic N) is 1. The summed E-state index contributed by atoms with van der Waals surface area (Å²) >= 11 is 6.69. The molecule has 2 fully saturated rings. The fraction of sp³-hybridized carbons (Fsp3) is 0.375. The van der Waals surface area contributed by atoms with E-state index in [-0.39, 0.29) is 18.8 Å². The fourth-order valence-corrected chi connectivity index (χ4v) is 4.08. The number of hydrogen-bond donors (Lipinski definition) is 0. The lowest BCUT2D eigenvalue weighted by Crippen LogP contribution is -2.35. The van der Waals surface area contributed by atoms with Gasteiger partial charge in [0.15, 0.2) is 11.5 Å². The third-order valence-corrected chi connectivity index (χ3v) is 5.36. The minimum absolute atomic E-state index is 0.0480. The van der Waals surface area contributed by atoms with E-state index < -0.39 is 0 Å². The fourth-order valence-electron chi connectivity index (χ4n) is 2.80. The third-order valence-electron chi connectivity index (χ3n) is 3.98. The maximum absolute atomic E-state index is 12.6. The van der Waals surface area contributed by atoms with Gasteiger partial charge in [-0.05, 0) is 36.6 Å². The highest BCUT2D eigenvalue weighted by Crippen LogP contribution is 2.36. The van der Waals surface area contributed by atoms with Crippen LogP contribution >= 0.6 is 24.0 Å². The van der Waals surface area contributed by atoms with Crippen molar-refractivity contribution >= 4 is 40.3 Å². The molecule has 3 aliphatic rings. The number of thioether (sulfide) groups is 1. The van der Waals surface area contributed by atoms with Gasteiger partial charge in [-0.15, -0.1) is 0 Å². The first-order valence-corrected chi connectivity index (χ1v) is 8.70. The highest BCUT2D eigenvalue weighted by atomic mass is 32.2. The van der Waals surface area contributed by atoms with E-state index in [1.54, 1.807) is 4.90 Å². The molecule has 2 saturated heterocycles. The van der Waals surface area contributed by atoms with Crippen LogP contribution in [0.15, 0.2) is 23.1 Å². The van der Waals surface area contributed by atoms with Crippen molar-refractivity contribution in [2.45, 2.75) is 18.9 Å². The normalized spacial score (nSPS) is 25.0. The van der Waals surface area contributed by atoms with Crippen molar-refractivity contribution in [3.63, 3.8) is 0 Å². The summed E-state index contributed by atoms with van der Waals surface area (Å²) in [4.78, 5) is 14.9. The molecule has 23 heavy (non-hydrogen) atoms. The van der Waals surface area contributed by atoms with E-state index in [1.165, 1.54) is 11.8 Å². The minimum atomic E-state index is -0.0480. The second kappa shape index (κ2) is 6.14. The maximum atomic E-state index is 12.6. The van der Waals surface area contributed by atoms with Crippen LogP contribution in [-0.2, 0) is 9.53 Å². The van der Waals surface area contributed by atoms with Crippen molar-refractivity contribution in [3.05, 3.63) is 28.7 Å². The molecule has 7 heteroatoms. The Kier molecular flexibility index (Phi) is 4.00. The predicted octanol–water partition coefficient (Wildman–Crippen LogP) is 2.80. The van der Waals surface area contributed by atoms with Crippen LogP contribution in [0.25, 0.3) is 6.08 Å². The molecule has 1 amide bonds. The largest absolute Gasteiger partial charge is 0.454 e. The van der Waals surface area contributed by atoms with E-state index in [9.17, 15) is 4.79 Å². The first kappa shape index (κ1) is 15.0. The lowest BCUT2D eigenvalue weighted by Gasteiger charge is -2.18. The van der Waals surface area contributed by atoms with Crippen LogP contribution in [-0.4, -0.2) is 41.2 Å². The molecule has 1 aromatic rings. The Morgan fingerprint density at radius 3 is 3.04 bits per heavy atom. The van der Waals surface area contributed by atoms with Crippen molar-refractivity contribution in [2.24, 2.45) is 0 Å². The Morgan fingerprint density at radius 1 is 1.35 bits per heavy atom. The van der Waals surface area contributed by atoms with Gasteiger partial charge in [0.05, 0.1) is 17.6 Å². The van der Waals surface area contributed by atoms with Crippen molar-refractivity contribution in [2.75, 3.05) is 19.9 Å². The minimum Gasteiger partial charge on any atom is -0.454 e. The number of carbonyl (C=O) groups excluding carboxylic acids is 1. The summed E-state index contributed by atoms with van der Waals surface area (Å²) in [6.45, 7) is 1.55. The Morgan fingerprint density at radius 2 is 2.22 bits per heavy atom. The molecular weight excluding hydrogens is 334 g/mol. The van der Waals surface area contributed by atoms with Gasteiger partial charge < -0.3 is 14.2 Å². The number of rotatable bonds is 3. The number of ether oxygens (including phenoxy) is 3. The van der Waals surface area contributed by atoms with Gasteiger partial charge in [0.1, 0.15) is 4.32 Å².